The number of halogens is 1. The highest BCUT2D eigenvalue weighted by atomic mass is 31.2. The molecule has 6 atom stereocenters. The number of hydrogen-bond donors (Lipinski definition) is 3. The number of ether oxygens (including phenoxy) is 2. The molecule has 1 unspecified atom stereocenters. The van der Waals surface area contributed by atoms with Gasteiger partial charge in [-0.15, -0.1) is 0 Å². The lowest BCUT2D eigenvalue weighted by atomic mass is 9.97. The number of aliphatic carboxylic acids is 1. The molecule has 1 saturated heterocycles. The molecule has 1 aromatic rings. The normalized spacial score (nSPS) is 28.0. The molecular formula is C23H28FN2O10P. The SMILES string of the molecule is C=C1C=CN([C@@H]2O[C@H](COP(=O)(N[C@@H](C)C(=O)OCC(=O)O)Oc3ccccc3)[C@@H](O)[C@@]2(C)F)C(=O)C1. The number of alkyl halides is 1. The van der Waals surface area contributed by atoms with Gasteiger partial charge in [-0.25, -0.2) is 13.8 Å². The summed E-state index contributed by atoms with van der Waals surface area (Å²) in [5.74, 6) is -2.82. The molecule has 2 aliphatic heterocycles. The van der Waals surface area contributed by atoms with Gasteiger partial charge in [0.15, 0.2) is 18.5 Å². The average Bonchev–Trinajstić information content (AvgIpc) is 3.05. The Labute approximate surface area is 212 Å². The summed E-state index contributed by atoms with van der Waals surface area (Å²) in [6.07, 6.45) is -1.89. The van der Waals surface area contributed by atoms with Crippen molar-refractivity contribution in [1.29, 1.82) is 0 Å². The van der Waals surface area contributed by atoms with Crippen LogP contribution in [0.1, 0.15) is 20.3 Å². The number of rotatable bonds is 11. The third kappa shape index (κ3) is 7.02. The molecule has 2 heterocycles. The van der Waals surface area contributed by atoms with Crippen LogP contribution in [-0.2, 0) is 32.9 Å². The minimum absolute atomic E-state index is 0.0520. The van der Waals surface area contributed by atoms with Gasteiger partial charge in [0, 0.05) is 6.20 Å². The van der Waals surface area contributed by atoms with E-state index in [2.05, 4.69) is 16.4 Å². The van der Waals surface area contributed by atoms with Crippen LogP contribution in [0.4, 0.5) is 4.39 Å². The van der Waals surface area contributed by atoms with Crippen molar-refractivity contribution in [2.45, 2.75) is 50.4 Å². The van der Waals surface area contributed by atoms with Gasteiger partial charge in [0.1, 0.15) is 24.0 Å². The van der Waals surface area contributed by atoms with Gasteiger partial charge in [-0.2, -0.15) is 5.09 Å². The van der Waals surface area contributed by atoms with Crippen LogP contribution in [-0.4, -0.2) is 76.3 Å². The molecule has 1 aromatic carbocycles. The van der Waals surface area contributed by atoms with Crippen LogP contribution in [0.3, 0.4) is 0 Å². The molecule has 3 rings (SSSR count). The summed E-state index contributed by atoms with van der Waals surface area (Å²) in [7, 11) is -4.41. The molecule has 3 N–H and O–H groups in total. The first kappa shape index (κ1) is 28.5. The lowest BCUT2D eigenvalue weighted by Gasteiger charge is -2.33. The van der Waals surface area contributed by atoms with Gasteiger partial charge in [-0.05, 0) is 37.6 Å². The summed E-state index contributed by atoms with van der Waals surface area (Å²) in [6.45, 7) is 4.42. The first-order chi connectivity index (χ1) is 17.3. The van der Waals surface area contributed by atoms with Crippen molar-refractivity contribution < 1.29 is 52.1 Å². The number of carbonyl (C=O) groups is 3. The van der Waals surface area contributed by atoms with E-state index < -0.39 is 69.0 Å². The predicted molar refractivity (Wildman–Crippen MR) is 126 cm³/mol. The maximum atomic E-state index is 15.5. The fraction of sp³-hybridized carbons (Fsp3) is 0.435. The molecule has 37 heavy (non-hydrogen) atoms. The average molecular weight is 542 g/mol. The zero-order chi connectivity index (χ0) is 27.4. The molecule has 0 saturated carbocycles. The summed E-state index contributed by atoms with van der Waals surface area (Å²) in [6, 6.07) is 6.43. The number of aliphatic hydroxyl groups excluding tert-OH is 1. The van der Waals surface area contributed by atoms with Crippen molar-refractivity contribution in [2.24, 2.45) is 0 Å². The lowest BCUT2D eigenvalue weighted by molar-refractivity contribution is -0.156. The minimum Gasteiger partial charge on any atom is -0.479 e. The molecule has 202 valence electrons. The van der Waals surface area contributed by atoms with Crippen molar-refractivity contribution in [1.82, 2.24) is 9.99 Å². The Bertz CT molecular complexity index is 1110. The number of aliphatic hydroxyl groups is 1. The van der Waals surface area contributed by atoms with Crippen LogP contribution in [0, 0.1) is 0 Å². The maximum absolute atomic E-state index is 15.5. The van der Waals surface area contributed by atoms with E-state index >= 15 is 4.39 Å². The Morgan fingerprint density at radius 1 is 1.38 bits per heavy atom. The van der Waals surface area contributed by atoms with E-state index in [1.807, 2.05) is 0 Å². The number of hydrogen-bond acceptors (Lipinski definition) is 9. The summed E-state index contributed by atoms with van der Waals surface area (Å²) in [5, 5.41) is 21.6. The molecular weight excluding hydrogens is 514 g/mol. The van der Waals surface area contributed by atoms with E-state index in [4.69, 9.17) is 18.9 Å². The van der Waals surface area contributed by atoms with Crippen LogP contribution in [0.5, 0.6) is 5.75 Å². The third-order valence-corrected chi connectivity index (χ3v) is 7.17. The van der Waals surface area contributed by atoms with Crippen LogP contribution in [0.15, 0.2) is 54.8 Å². The van der Waals surface area contributed by atoms with Crippen molar-refractivity contribution in [3.8, 4) is 5.75 Å². The first-order valence-corrected chi connectivity index (χ1v) is 12.7. The van der Waals surface area contributed by atoms with Gasteiger partial charge >= 0.3 is 19.7 Å². The third-order valence-electron chi connectivity index (χ3n) is 5.53. The van der Waals surface area contributed by atoms with Crippen LogP contribution in [0.25, 0.3) is 0 Å². The summed E-state index contributed by atoms with van der Waals surface area (Å²) in [4.78, 5) is 36.2. The highest BCUT2D eigenvalue weighted by Crippen LogP contribution is 2.46. The molecule has 1 fully saturated rings. The molecule has 0 aliphatic carbocycles. The van der Waals surface area contributed by atoms with E-state index in [1.165, 1.54) is 31.3 Å². The van der Waals surface area contributed by atoms with Gasteiger partial charge in [-0.1, -0.05) is 24.8 Å². The molecule has 0 spiro atoms. The summed E-state index contributed by atoms with van der Waals surface area (Å²) in [5.41, 5.74) is -1.89. The number of carbonyl (C=O) groups excluding carboxylic acids is 2. The van der Waals surface area contributed by atoms with Gasteiger partial charge in [0.05, 0.1) is 13.0 Å². The van der Waals surface area contributed by atoms with E-state index in [9.17, 15) is 24.1 Å². The number of para-hydroxylation sites is 1. The largest absolute Gasteiger partial charge is 0.479 e. The van der Waals surface area contributed by atoms with Gasteiger partial charge in [-0.3, -0.25) is 19.0 Å². The number of benzene rings is 1. The molecule has 0 bridgehead atoms. The van der Waals surface area contributed by atoms with Gasteiger partial charge in [0.25, 0.3) is 0 Å². The Morgan fingerprint density at radius 3 is 2.68 bits per heavy atom. The number of amides is 1. The fourth-order valence-corrected chi connectivity index (χ4v) is 5.10. The number of carboxylic acids is 1. The van der Waals surface area contributed by atoms with E-state index in [-0.39, 0.29) is 12.2 Å². The molecule has 12 nitrogen and oxygen atoms in total. The topological polar surface area (TPSA) is 161 Å². The lowest BCUT2D eigenvalue weighted by Crippen LogP contribution is -2.50. The van der Waals surface area contributed by atoms with Gasteiger partial charge < -0.3 is 24.2 Å². The zero-order valence-electron chi connectivity index (χ0n) is 20.1. The standard InChI is InChI=1S/C23H28FN2O10P/c1-14-9-10-26(18(27)11-14)22-23(3,24)20(30)17(35-22)12-34-37(32,36-16-7-5-4-6-8-16)25-15(2)21(31)33-13-19(28)29/h4-10,15,17,20,22,30H,1,11-13H2,2-3H3,(H,25,32)(H,28,29)/t15-,17+,20+,22+,23+,37?/m0/s1. The molecule has 1 amide bonds. The second-order valence-corrected chi connectivity index (χ2v) is 10.3. The number of allylic oxidation sites excluding steroid dienone is 1. The molecule has 0 radical (unpaired) electrons. The second-order valence-electron chi connectivity index (χ2n) is 8.62. The van der Waals surface area contributed by atoms with Crippen molar-refractivity contribution in [2.75, 3.05) is 13.2 Å². The quantitative estimate of drug-likeness (QED) is 0.277. The first-order valence-electron chi connectivity index (χ1n) is 11.2. The highest BCUT2D eigenvalue weighted by Gasteiger charge is 2.57. The summed E-state index contributed by atoms with van der Waals surface area (Å²) >= 11 is 0. The number of nitrogens with one attached hydrogen (secondary N) is 1. The molecule has 2 aliphatic rings. The van der Waals surface area contributed by atoms with Crippen molar-refractivity contribution >= 4 is 25.6 Å². The van der Waals surface area contributed by atoms with E-state index in [0.29, 0.717) is 5.57 Å². The van der Waals surface area contributed by atoms with Crippen molar-refractivity contribution in [3.63, 3.8) is 0 Å². The van der Waals surface area contributed by atoms with Crippen LogP contribution in [0.2, 0.25) is 0 Å². The molecule has 14 heteroatoms. The minimum atomic E-state index is -4.41. The maximum Gasteiger partial charge on any atom is 0.459 e. The van der Waals surface area contributed by atoms with Crippen LogP contribution < -0.4 is 9.61 Å². The zero-order valence-corrected chi connectivity index (χ0v) is 21.0. The predicted octanol–water partition coefficient (Wildman–Crippen LogP) is 1.91. The second kappa shape index (κ2) is 11.5. The Balaban J connectivity index is 1.75. The fourth-order valence-electron chi connectivity index (χ4n) is 3.60. The Hall–Kier alpha value is -3.09. The van der Waals surface area contributed by atoms with Crippen LogP contribution >= 0.6 is 7.75 Å². The highest BCUT2D eigenvalue weighted by molar-refractivity contribution is 7.52. The smallest absolute Gasteiger partial charge is 0.459 e. The summed E-state index contributed by atoms with van der Waals surface area (Å²) < 4.78 is 50.1. The van der Waals surface area contributed by atoms with Crippen molar-refractivity contribution in [3.05, 3.63) is 54.8 Å². The molecule has 0 aromatic heterocycles. The Morgan fingerprint density at radius 2 is 2.05 bits per heavy atom. The van der Waals surface area contributed by atoms with E-state index in [0.717, 1.165) is 11.8 Å². The number of esters is 1. The monoisotopic (exact) mass is 542 g/mol. The van der Waals surface area contributed by atoms with E-state index in [1.54, 1.807) is 18.2 Å². The van der Waals surface area contributed by atoms with Gasteiger partial charge in [0.2, 0.25) is 5.91 Å². The number of carboxylic acid groups (broad SMARTS) is 1. The number of nitrogens with zero attached hydrogens (tertiary/aromatic N) is 1. The Kier molecular flexibility index (Phi) is 8.88.